The van der Waals surface area contributed by atoms with Crippen LogP contribution < -0.4 is 9.62 Å². The topological polar surface area (TPSA) is 86.8 Å². The smallest absolute Gasteiger partial charge is 0.244 e. The molecule has 2 aromatic carbocycles. The number of carbonyl (C=O) groups is 2. The van der Waals surface area contributed by atoms with Crippen molar-refractivity contribution in [1.82, 2.24) is 10.2 Å². The van der Waals surface area contributed by atoms with Gasteiger partial charge in [0.15, 0.2) is 0 Å². The van der Waals surface area contributed by atoms with Gasteiger partial charge in [0.2, 0.25) is 21.8 Å². The van der Waals surface area contributed by atoms with E-state index in [1.807, 2.05) is 44.2 Å². The summed E-state index contributed by atoms with van der Waals surface area (Å²) in [5.41, 5.74) is 0.901. The summed E-state index contributed by atoms with van der Waals surface area (Å²) < 4.78 is 26.0. The van der Waals surface area contributed by atoms with E-state index in [-0.39, 0.29) is 34.1 Å². The van der Waals surface area contributed by atoms with Crippen LogP contribution >= 0.6 is 23.2 Å². The first kappa shape index (κ1) is 27.0. The number of halogens is 2. The van der Waals surface area contributed by atoms with Gasteiger partial charge in [-0.15, -0.1) is 0 Å². The minimum Gasteiger partial charge on any atom is -0.354 e. The molecule has 0 aliphatic heterocycles. The molecule has 33 heavy (non-hydrogen) atoms. The van der Waals surface area contributed by atoms with Gasteiger partial charge in [-0.1, -0.05) is 67.4 Å². The van der Waals surface area contributed by atoms with Gasteiger partial charge < -0.3 is 10.2 Å². The normalized spacial score (nSPS) is 12.3. The van der Waals surface area contributed by atoms with E-state index in [0.29, 0.717) is 6.54 Å². The molecule has 7 nitrogen and oxygen atoms in total. The Kier molecular flexibility index (Phi) is 9.57. The first-order valence-electron chi connectivity index (χ1n) is 10.4. The molecule has 180 valence electrons. The molecule has 0 heterocycles. The summed E-state index contributed by atoms with van der Waals surface area (Å²) in [5, 5.41) is 3.24. The lowest BCUT2D eigenvalue weighted by Gasteiger charge is -2.32. The molecule has 10 heteroatoms. The molecule has 0 fully saturated rings. The van der Waals surface area contributed by atoms with E-state index >= 15 is 0 Å². The SMILES string of the molecule is CC(C)CNC(=O)C(C)N(Cc1ccccc1)C(=O)CN(c1cc(Cl)ccc1Cl)S(C)(=O)=O. The molecular formula is C23H29Cl2N3O4S. The van der Waals surface area contributed by atoms with E-state index in [1.165, 1.54) is 23.1 Å². The van der Waals surface area contributed by atoms with Crippen molar-refractivity contribution >= 4 is 50.7 Å². The van der Waals surface area contributed by atoms with Crippen LogP contribution in [0.5, 0.6) is 0 Å². The van der Waals surface area contributed by atoms with Gasteiger partial charge in [0.05, 0.1) is 17.0 Å². The highest BCUT2D eigenvalue weighted by molar-refractivity contribution is 7.92. The maximum Gasteiger partial charge on any atom is 0.244 e. The highest BCUT2D eigenvalue weighted by Gasteiger charge is 2.30. The van der Waals surface area contributed by atoms with Crippen molar-refractivity contribution in [1.29, 1.82) is 0 Å². The molecule has 0 spiro atoms. The number of carbonyl (C=O) groups excluding carboxylic acids is 2. The Morgan fingerprint density at radius 2 is 1.67 bits per heavy atom. The Hall–Kier alpha value is -2.29. The van der Waals surface area contributed by atoms with E-state index in [1.54, 1.807) is 6.92 Å². The van der Waals surface area contributed by atoms with Crippen LogP contribution in [-0.4, -0.2) is 50.5 Å². The Morgan fingerprint density at radius 1 is 1.03 bits per heavy atom. The predicted molar refractivity (Wildman–Crippen MR) is 133 cm³/mol. The highest BCUT2D eigenvalue weighted by atomic mass is 35.5. The zero-order valence-corrected chi connectivity index (χ0v) is 21.4. The van der Waals surface area contributed by atoms with Crippen LogP contribution in [0.25, 0.3) is 0 Å². The molecule has 0 saturated carbocycles. The molecule has 2 amide bonds. The standard InChI is InChI=1S/C23H29Cl2N3O4S/c1-16(2)13-26-23(30)17(3)27(14-18-8-6-5-7-9-18)22(29)15-28(33(4,31)32)21-12-19(24)10-11-20(21)25/h5-12,16-17H,13-15H2,1-4H3,(H,26,30). The fourth-order valence-electron chi connectivity index (χ4n) is 3.09. The highest BCUT2D eigenvalue weighted by Crippen LogP contribution is 2.30. The first-order chi connectivity index (χ1) is 15.4. The van der Waals surface area contributed by atoms with Crippen molar-refractivity contribution in [2.75, 3.05) is 23.7 Å². The molecule has 0 aromatic heterocycles. The van der Waals surface area contributed by atoms with Gasteiger partial charge in [-0.2, -0.15) is 0 Å². The first-order valence-corrected chi connectivity index (χ1v) is 13.0. The number of sulfonamides is 1. The summed E-state index contributed by atoms with van der Waals surface area (Å²) in [5.74, 6) is -0.627. The number of hydrogen-bond acceptors (Lipinski definition) is 4. The van der Waals surface area contributed by atoms with Crippen molar-refractivity contribution in [3.05, 3.63) is 64.1 Å². The summed E-state index contributed by atoms with van der Waals surface area (Å²) in [4.78, 5) is 27.5. The fourth-order valence-corrected chi connectivity index (χ4v) is 4.38. The van der Waals surface area contributed by atoms with E-state index in [9.17, 15) is 18.0 Å². The second-order valence-corrected chi connectivity index (χ2v) is 10.9. The van der Waals surface area contributed by atoms with Crippen molar-refractivity contribution in [2.24, 2.45) is 5.92 Å². The Morgan fingerprint density at radius 3 is 2.24 bits per heavy atom. The maximum absolute atomic E-state index is 13.4. The largest absolute Gasteiger partial charge is 0.354 e. The zero-order valence-electron chi connectivity index (χ0n) is 19.1. The monoisotopic (exact) mass is 513 g/mol. The minimum absolute atomic E-state index is 0.0941. The van der Waals surface area contributed by atoms with Gasteiger partial charge in [0.25, 0.3) is 0 Å². The molecule has 1 atom stereocenters. The minimum atomic E-state index is -3.88. The third-order valence-electron chi connectivity index (χ3n) is 4.90. The lowest BCUT2D eigenvalue weighted by atomic mass is 10.1. The summed E-state index contributed by atoms with van der Waals surface area (Å²) >= 11 is 12.3. The molecule has 0 saturated heterocycles. The van der Waals surface area contributed by atoms with Crippen LogP contribution in [0.2, 0.25) is 10.0 Å². The number of rotatable bonds is 10. The molecule has 0 aliphatic rings. The van der Waals surface area contributed by atoms with Gasteiger partial charge in [-0.05, 0) is 36.6 Å². The molecule has 0 bridgehead atoms. The second kappa shape index (κ2) is 11.7. The molecular weight excluding hydrogens is 485 g/mol. The van der Waals surface area contributed by atoms with Crippen LogP contribution in [0.15, 0.2) is 48.5 Å². The van der Waals surface area contributed by atoms with Crippen molar-refractivity contribution in [2.45, 2.75) is 33.4 Å². The third kappa shape index (κ3) is 7.91. The van der Waals surface area contributed by atoms with Gasteiger partial charge in [-0.25, -0.2) is 8.42 Å². The molecule has 2 rings (SSSR count). The van der Waals surface area contributed by atoms with Crippen molar-refractivity contribution < 1.29 is 18.0 Å². The third-order valence-corrected chi connectivity index (χ3v) is 6.58. The van der Waals surface area contributed by atoms with Crippen molar-refractivity contribution in [3.8, 4) is 0 Å². The van der Waals surface area contributed by atoms with Crippen LogP contribution in [0.3, 0.4) is 0 Å². The number of benzene rings is 2. The maximum atomic E-state index is 13.4. The van der Waals surface area contributed by atoms with Gasteiger partial charge in [-0.3, -0.25) is 13.9 Å². The number of amides is 2. The second-order valence-electron chi connectivity index (χ2n) is 8.19. The average Bonchev–Trinajstić information content (AvgIpc) is 2.75. The van der Waals surface area contributed by atoms with Crippen LogP contribution in [-0.2, 0) is 26.2 Å². The lowest BCUT2D eigenvalue weighted by Crippen LogP contribution is -2.51. The van der Waals surface area contributed by atoms with Gasteiger partial charge in [0.1, 0.15) is 12.6 Å². The molecule has 0 aliphatic carbocycles. The molecule has 2 aromatic rings. The quantitative estimate of drug-likeness (QED) is 0.520. The van der Waals surface area contributed by atoms with Crippen molar-refractivity contribution in [3.63, 3.8) is 0 Å². The number of hydrogen-bond donors (Lipinski definition) is 1. The Labute approximate surface area is 205 Å². The fraction of sp³-hybridized carbons (Fsp3) is 0.391. The van der Waals surface area contributed by atoms with Crippen LogP contribution in [0.4, 0.5) is 5.69 Å². The summed E-state index contributed by atoms with van der Waals surface area (Å²) in [6.45, 7) is 5.62. The number of anilines is 1. The molecule has 1 unspecified atom stereocenters. The van der Waals surface area contributed by atoms with Crippen LogP contribution in [0.1, 0.15) is 26.3 Å². The predicted octanol–water partition coefficient (Wildman–Crippen LogP) is 3.95. The Balaban J connectivity index is 2.38. The summed E-state index contributed by atoms with van der Waals surface area (Å²) in [6.07, 6.45) is 0.984. The van der Waals surface area contributed by atoms with E-state index < -0.39 is 28.5 Å². The Bertz CT molecular complexity index is 1080. The van der Waals surface area contributed by atoms with E-state index in [0.717, 1.165) is 16.1 Å². The number of nitrogens with zero attached hydrogens (tertiary/aromatic N) is 2. The number of nitrogens with one attached hydrogen (secondary N) is 1. The summed E-state index contributed by atoms with van der Waals surface area (Å²) in [7, 11) is -3.88. The zero-order chi connectivity index (χ0) is 24.8. The molecule has 1 N–H and O–H groups in total. The van der Waals surface area contributed by atoms with E-state index in [2.05, 4.69) is 5.32 Å². The van der Waals surface area contributed by atoms with Gasteiger partial charge >= 0.3 is 0 Å². The van der Waals surface area contributed by atoms with E-state index in [4.69, 9.17) is 23.2 Å². The van der Waals surface area contributed by atoms with Crippen LogP contribution in [0, 0.1) is 5.92 Å². The van der Waals surface area contributed by atoms with Gasteiger partial charge in [0, 0.05) is 18.1 Å². The summed E-state index contributed by atoms with van der Waals surface area (Å²) in [6, 6.07) is 12.7. The lowest BCUT2D eigenvalue weighted by molar-refractivity contribution is -0.139. The average molecular weight is 514 g/mol. The molecule has 0 radical (unpaired) electrons.